The number of benzene rings is 2. The van der Waals surface area contributed by atoms with Gasteiger partial charge in [0.2, 0.25) is 0 Å². The molecule has 6 heteroatoms. The standard InChI is InChI=1S/C18H20O5S/c1-21-15-7-5-4-6-14(15)18(20)23-17-13(11-24-3)8-12(10-19)9-16(17)22-2/h4-9,19H,10-11H2,1-3H3. The number of hydrogen-bond donors (Lipinski definition) is 1. The normalized spacial score (nSPS) is 10.3. The number of carbonyl (C=O) groups is 1. The quantitative estimate of drug-likeness (QED) is 0.612. The van der Waals surface area contributed by atoms with E-state index in [0.29, 0.717) is 34.1 Å². The van der Waals surface area contributed by atoms with E-state index in [-0.39, 0.29) is 6.61 Å². The van der Waals surface area contributed by atoms with E-state index in [0.717, 1.165) is 5.56 Å². The molecule has 0 saturated heterocycles. The third-order valence-corrected chi connectivity index (χ3v) is 4.02. The van der Waals surface area contributed by atoms with Crippen molar-refractivity contribution in [1.82, 2.24) is 0 Å². The molecule has 1 N–H and O–H groups in total. The summed E-state index contributed by atoms with van der Waals surface area (Å²) in [6.45, 7) is -0.113. The van der Waals surface area contributed by atoms with Crippen LogP contribution in [-0.4, -0.2) is 31.6 Å². The number of rotatable bonds is 7. The maximum absolute atomic E-state index is 12.6. The Morgan fingerprint density at radius 3 is 2.46 bits per heavy atom. The highest BCUT2D eigenvalue weighted by molar-refractivity contribution is 7.97. The minimum atomic E-state index is -0.523. The van der Waals surface area contributed by atoms with Crippen LogP contribution in [-0.2, 0) is 12.4 Å². The summed E-state index contributed by atoms with van der Waals surface area (Å²) in [7, 11) is 3.00. The molecule has 2 aromatic carbocycles. The predicted molar refractivity (Wildman–Crippen MR) is 94.1 cm³/mol. The highest BCUT2D eigenvalue weighted by atomic mass is 32.2. The molecule has 0 spiro atoms. The fraction of sp³-hybridized carbons (Fsp3) is 0.278. The number of para-hydroxylation sites is 1. The van der Waals surface area contributed by atoms with Crippen LogP contribution < -0.4 is 14.2 Å². The zero-order chi connectivity index (χ0) is 17.5. The van der Waals surface area contributed by atoms with E-state index in [2.05, 4.69) is 0 Å². The molecule has 0 unspecified atom stereocenters. The lowest BCUT2D eigenvalue weighted by Gasteiger charge is -2.16. The summed E-state index contributed by atoms with van der Waals surface area (Å²) < 4.78 is 16.2. The molecule has 2 rings (SSSR count). The van der Waals surface area contributed by atoms with Gasteiger partial charge in [-0.25, -0.2) is 4.79 Å². The molecule has 0 fully saturated rings. The first-order chi connectivity index (χ1) is 11.6. The van der Waals surface area contributed by atoms with Gasteiger partial charge in [0.25, 0.3) is 0 Å². The van der Waals surface area contributed by atoms with E-state index in [1.165, 1.54) is 14.2 Å². The Hall–Kier alpha value is -2.18. The summed E-state index contributed by atoms with van der Waals surface area (Å²) in [5, 5.41) is 9.38. The third-order valence-electron chi connectivity index (χ3n) is 3.42. The van der Waals surface area contributed by atoms with Gasteiger partial charge in [-0.05, 0) is 36.1 Å². The van der Waals surface area contributed by atoms with Gasteiger partial charge in [-0.3, -0.25) is 0 Å². The van der Waals surface area contributed by atoms with Crippen LogP contribution in [0.1, 0.15) is 21.5 Å². The van der Waals surface area contributed by atoms with Gasteiger partial charge >= 0.3 is 5.97 Å². The monoisotopic (exact) mass is 348 g/mol. The van der Waals surface area contributed by atoms with Crippen molar-refractivity contribution in [2.24, 2.45) is 0 Å². The first-order valence-electron chi connectivity index (χ1n) is 7.29. The molecule has 0 radical (unpaired) electrons. The van der Waals surface area contributed by atoms with E-state index in [1.54, 1.807) is 42.1 Å². The summed E-state index contributed by atoms with van der Waals surface area (Å²) in [5.74, 6) is 1.32. The maximum atomic E-state index is 12.6. The number of methoxy groups -OCH3 is 2. The summed E-state index contributed by atoms with van der Waals surface area (Å²) in [4.78, 5) is 12.6. The average molecular weight is 348 g/mol. The molecule has 0 aliphatic rings. The second-order valence-electron chi connectivity index (χ2n) is 4.97. The van der Waals surface area contributed by atoms with Crippen molar-refractivity contribution in [3.8, 4) is 17.2 Å². The van der Waals surface area contributed by atoms with Crippen molar-refractivity contribution < 1.29 is 24.1 Å². The van der Waals surface area contributed by atoms with Crippen LogP contribution in [0.3, 0.4) is 0 Å². The number of ether oxygens (including phenoxy) is 3. The number of thioether (sulfide) groups is 1. The van der Waals surface area contributed by atoms with E-state index in [9.17, 15) is 9.90 Å². The van der Waals surface area contributed by atoms with E-state index < -0.39 is 5.97 Å². The maximum Gasteiger partial charge on any atom is 0.347 e. The molecule has 0 aliphatic carbocycles. The van der Waals surface area contributed by atoms with Gasteiger partial charge in [0.1, 0.15) is 11.3 Å². The Kier molecular flexibility index (Phi) is 6.52. The Balaban J connectivity index is 2.42. The van der Waals surface area contributed by atoms with E-state index in [4.69, 9.17) is 14.2 Å². The highest BCUT2D eigenvalue weighted by Crippen LogP contribution is 2.36. The molecule has 24 heavy (non-hydrogen) atoms. The fourth-order valence-electron chi connectivity index (χ4n) is 2.31. The number of esters is 1. The molecule has 0 atom stereocenters. The smallest absolute Gasteiger partial charge is 0.347 e. The van der Waals surface area contributed by atoms with Crippen LogP contribution in [0.15, 0.2) is 36.4 Å². The molecule has 0 bridgehead atoms. The van der Waals surface area contributed by atoms with Crippen molar-refractivity contribution >= 4 is 17.7 Å². The number of hydrogen-bond acceptors (Lipinski definition) is 6. The Labute approximate surface area is 145 Å². The third kappa shape index (κ3) is 4.01. The first kappa shape index (κ1) is 18.2. The molecule has 128 valence electrons. The Bertz CT molecular complexity index is 715. The van der Waals surface area contributed by atoms with E-state index in [1.807, 2.05) is 12.3 Å². The van der Waals surface area contributed by atoms with Gasteiger partial charge in [-0.2, -0.15) is 11.8 Å². The van der Waals surface area contributed by atoms with Crippen LogP contribution in [0.5, 0.6) is 17.2 Å². The van der Waals surface area contributed by atoms with Crippen molar-refractivity contribution in [3.63, 3.8) is 0 Å². The largest absolute Gasteiger partial charge is 0.496 e. The molecule has 2 aromatic rings. The van der Waals surface area contributed by atoms with Gasteiger partial charge in [0.15, 0.2) is 11.5 Å². The molecular weight excluding hydrogens is 328 g/mol. The fourth-order valence-corrected chi connectivity index (χ4v) is 2.83. The molecule has 0 aliphatic heterocycles. The summed E-state index contributed by atoms with van der Waals surface area (Å²) in [6, 6.07) is 10.3. The SMILES string of the molecule is COc1ccccc1C(=O)Oc1c(CSC)cc(CO)cc1OC. The minimum Gasteiger partial charge on any atom is -0.496 e. The van der Waals surface area contributed by atoms with E-state index >= 15 is 0 Å². The van der Waals surface area contributed by atoms with Gasteiger partial charge in [0, 0.05) is 11.3 Å². The second kappa shape index (κ2) is 8.61. The van der Waals surface area contributed by atoms with Gasteiger partial charge in [-0.15, -0.1) is 0 Å². The summed E-state index contributed by atoms with van der Waals surface area (Å²) in [5.41, 5.74) is 1.82. The highest BCUT2D eigenvalue weighted by Gasteiger charge is 2.20. The molecule has 0 saturated carbocycles. The lowest BCUT2D eigenvalue weighted by molar-refractivity contribution is 0.0724. The minimum absolute atomic E-state index is 0.113. The van der Waals surface area contributed by atoms with Crippen molar-refractivity contribution in [1.29, 1.82) is 0 Å². The zero-order valence-electron chi connectivity index (χ0n) is 13.9. The average Bonchev–Trinajstić information content (AvgIpc) is 2.62. The Morgan fingerprint density at radius 2 is 1.83 bits per heavy atom. The topological polar surface area (TPSA) is 65.0 Å². The lowest BCUT2D eigenvalue weighted by atomic mass is 10.1. The second-order valence-corrected chi connectivity index (χ2v) is 5.83. The van der Waals surface area contributed by atoms with Crippen LogP contribution in [0.25, 0.3) is 0 Å². The zero-order valence-corrected chi connectivity index (χ0v) is 14.7. The van der Waals surface area contributed by atoms with Gasteiger partial charge in [0.05, 0.1) is 20.8 Å². The molecular formula is C18H20O5S. The first-order valence-corrected chi connectivity index (χ1v) is 8.68. The van der Waals surface area contributed by atoms with Crippen LogP contribution in [0, 0.1) is 0 Å². The molecule has 0 aromatic heterocycles. The van der Waals surface area contributed by atoms with Gasteiger partial charge in [-0.1, -0.05) is 12.1 Å². The van der Waals surface area contributed by atoms with Gasteiger partial charge < -0.3 is 19.3 Å². The van der Waals surface area contributed by atoms with Crippen molar-refractivity contribution in [3.05, 3.63) is 53.1 Å². The van der Waals surface area contributed by atoms with Crippen molar-refractivity contribution in [2.45, 2.75) is 12.4 Å². The predicted octanol–water partition coefficient (Wildman–Crippen LogP) is 3.28. The molecule has 5 nitrogen and oxygen atoms in total. The van der Waals surface area contributed by atoms with Crippen molar-refractivity contribution in [2.75, 3.05) is 20.5 Å². The number of aliphatic hydroxyl groups is 1. The summed E-state index contributed by atoms with van der Waals surface area (Å²) >= 11 is 1.58. The van der Waals surface area contributed by atoms with Crippen LogP contribution >= 0.6 is 11.8 Å². The Morgan fingerprint density at radius 1 is 1.12 bits per heavy atom. The van der Waals surface area contributed by atoms with Crippen LogP contribution in [0.4, 0.5) is 0 Å². The summed E-state index contributed by atoms with van der Waals surface area (Å²) in [6.07, 6.45) is 1.95. The molecule has 0 heterocycles. The van der Waals surface area contributed by atoms with Crippen LogP contribution in [0.2, 0.25) is 0 Å². The number of carbonyl (C=O) groups excluding carboxylic acids is 1. The lowest BCUT2D eigenvalue weighted by Crippen LogP contribution is -2.12. The number of aliphatic hydroxyl groups excluding tert-OH is 1. The molecule has 0 amide bonds.